The molecule has 0 aliphatic rings. The Morgan fingerprint density at radius 1 is 0.895 bits per heavy atom. The fraction of sp³-hybridized carbons (Fsp3) is 0.688. The molecule has 0 spiro atoms. The molecule has 3 heteroatoms. The van der Waals surface area contributed by atoms with Crippen molar-refractivity contribution in [1.82, 2.24) is 5.32 Å². The Morgan fingerprint density at radius 2 is 1.47 bits per heavy atom. The molecule has 0 aromatic rings. The number of hydrogen-bond donors (Lipinski definition) is 1. The number of hydrogen-bond acceptors (Lipinski definition) is 2. The van der Waals surface area contributed by atoms with Crippen LogP contribution in [0, 0.1) is 0 Å². The lowest BCUT2D eigenvalue weighted by molar-refractivity contribution is 0.144. The van der Waals surface area contributed by atoms with E-state index in [4.69, 9.17) is 4.74 Å². The Balaban J connectivity index is 3.11. The molecule has 0 aromatic carbocycles. The van der Waals surface area contributed by atoms with Gasteiger partial charge in [0.2, 0.25) is 0 Å². The van der Waals surface area contributed by atoms with E-state index in [2.05, 4.69) is 18.5 Å². The van der Waals surface area contributed by atoms with Gasteiger partial charge in [-0.3, -0.25) is 0 Å². The third-order valence-corrected chi connectivity index (χ3v) is 2.90. The molecule has 0 rings (SSSR count). The highest BCUT2D eigenvalue weighted by Crippen LogP contribution is 2.08. The van der Waals surface area contributed by atoms with Crippen LogP contribution >= 0.6 is 0 Å². The molecule has 110 valence electrons. The predicted molar refractivity (Wildman–Crippen MR) is 81.3 cm³/mol. The van der Waals surface area contributed by atoms with Gasteiger partial charge in [0, 0.05) is 6.54 Å². The van der Waals surface area contributed by atoms with Crippen LogP contribution in [0.25, 0.3) is 0 Å². The molecule has 0 saturated heterocycles. The summed E-state index contributed by atoms with van der Waals surface area (Å²) >= 11 is 0. The highest BCUT2D eigenvalue weighted by atomic mass is 16.5. The van der Waals surface area contributed by atoms with E-state index in [1.165, 1.54) is 32.1 Å². The Kier molecular flexibility index (Phi) is 13.8. The average Bonchev–Trinajstić information content (AvgIpc) is 2.41. The van der Waals surface area contributed by atoms with Crippen molar-refractivity contribution < 1.29 is 9.53 Å². The van der Waals surface area contributed by atoms with E-state index in [1.807, 2.05) is 6.08 Å². The van der Waals surface area contributed by atoms with Crippen LogP contribution in [-0.2, 0) is 4.74 Å². The van der Waals surface area contributed by atoms with Crippen LogP contribution in [0.1, 0.15) is 57.8 Å². The van der Waals surface area contributed by atoms with Gasteiger partial charge in [-0.1, -0.05) is 44.3 Å². The van der Waals surface area contributed by atoms with Crippen LogP contribution < -0.4 is 5.32 Å². The number of amides is 1. The monoisotopic (exact) mass is 267 g/mol. The summed E-state index contributed by atoms with van der Waals surface area (Å²) in [5.41, 5.74) is 0. The van der Waals surface area contributed by atoms with Crippen molar-refractivity contribution in [3.8, 4) is 0 Å². The van der Waals surface area contributed by atoms with Gasteiger partial charge in [0.15, 0.2) is 0 Å². The highest BCUT2D eigenvalue weighted by molar-refractivity contribution is 5.66. The molecule has 0 bridgehead atoms. The van der Waals surface area contributed by atoms with Crippen LogP contribution in [0.3, 0.4) is 0 Å². The summed E-state index contributed by atoms with van der Waals surface area (Å²) in [6.45, 7) is 8.43. The summed E-state index contributed by atoms with van der Waals surface area (Å²) in [6, 6.07) is 0. The molecule has 0 fully saturated rings. The van der Waals surface area contributed by atoms with Crippen LogP contribution in [0.15, 0.2) is 25.3 Å². The number of nitrogens with one attached hydrogen (secondary N) is 1. The van der Waals surface area contributed by atoms with Crippen molar-refractivity contribution in [3.05, 3.63) is 25.3 Å². The van der Waals surface area contributed by atoms with E-state index >= 15 is 0 Å². The second-order valence-corrected chi connectivity index (χ2v) is 4.69. The third-order valence-electron chi connectivity index (χ3n) is 2.90. The van der Waals surface area contributed by atoms with E-state index in [0.29, 0.717) is 13.2 Å². The SMILES string of the molecule is C=CCCCCCCCCCOC(=O)NCCC=C. The van der Waals surface area contributed by atoms with E-state index < -0.39 is 0 Å². The number of ether oxygens (including phenoxy) is 1. The normalized spacial score (nSPS) is 9.89. The fourth-order valence-electron chi connectivity index (χ4n) is 1.77. The van der Waals surface area contributed by atoms with Gasteiger partial charge in [-0.25, -0.2) is 4.79 Å². The van der Waals surface area contributed by atoms with Crippen LogP contribution in [0.5, 0.6) is 0 Å². The molecule has 3 nitrogen and oxygen atoms in total. The molecule has 0 unspecified atom stereocenters. The second kappa shape index (κ2) is 14.8. The molecule has 0 aromatic heterocycles. The Hall–Kier alpha value is -1.25. The lowest BCUT2D eigenvalue weighted by Crippen LogP contribution is -2.25. The number of carbonyl (C=O) groups excluding carboxylic acids is 1. The Labute approximate surface area is 118 Å². The van der Waals surface area contributed by atoms with Gasteiger partial charge in [0.05, 0.1) is 6.61 Å². The zero-order valence-corrected chi connectivity index (χ0v) is 12.2. The number of rotatable bonds is 13. The molecule has 0 aliphatic carbocycles. The molecule has 1 amide bonds. The van der Waals surface area contributed by atoms with Crippen molar-refractivity contribution in [2.45, 2.75) is 57.8 Å². The van der Waals surface area contributed by atoms with Crippen molar-refractivity contribution >= 4 is 6.09 Å². The van der Waals surface area contributed by atoms with E-state index in [9.17, 15) is 4.79 Å². The topological polar surface area (TPSA) is 38.3 Å². The second-order valence-electron chi connectivity index (χ2n) is 4.69. The van der Waals surface area contributed by atoms with Crippen LogP contribution in [-0.4, -0.2) is 19.2 Å². The summed E-state index contributed by atoms with van der Waals surface area (Å²) < 4.78 is 5.05. The van der Waals surface area contributed by atoms with Crippen molar-refractivity contribution in [1.29, 1.82) is 0 Å². The number of alkyl carbamates (subject to hydrolysis) is 1. The first-order valence-electron chi connectivity index (χ1n) is 7.43. The first kappa shape index (κ1) is 17.8. The zero-order valence-electron chi connectivity index (χ0n) is 12.2. The molecule has 0 aliphatic heterocycles. The molecular formula is C16H29NO2. The summed E-state index contributed by atoms with van der Waals surface area (Å²) in [5.74, 6) is 0. The number of unbranched alkanes of at least 4 members (excludes halogenated alkanes) is 7. The average molecular weight is 267 g/mol. The maximum atomic E-state index is 11.2. The van der Waals surface area contributed by atoms with Gasteiger partial charge in [0.25, 0.3) is 0 Å². The van der Waals surface area contributed by atoms with Gasteiger partial charge in [-0.15, -0.1) is 13.2 Å². The molecule has 0 radical (unpaired) electrons. The fourth-order valence-corrected chi connectivity index (χ4v) is 1.77. The van der Waals surface area contributed by atoms with Gasteiger partial charge in [0.1, 0.15) is 0 Å². The Morgan fingerprint density at radius 3 is 2.11 bits per heavy atom. The van der Waals surface area contributed by atoms with E-state index in [0.717, 1.165) is 25.7 Å². The molecule has 0 saturated carbocycles. The Bertz CT molecular complexity index is 239. The predicted octanol–water partition coefficient (Wildman–Crippen LogP) is 4.60. The zero-order chi connectivity index (χ0) is 14.2. The molecule has 19 heavy (non-hydrogen) atoms. The minimum atomic E-state index is -0.314. The number of carbonyl (C=O) groups is 1. The van der Waals surface area contributed by atoms with Crippen LogP contribution in [0.2, 0.25) is 0 Å². The first-order chi connectivity index (χ1) is 9.31. The van der Waals surface area contributed by atoms with Crippen molar-refractivity contribution in [2.75, 3.05) is 13.2 Å². The summed E-state index contributed by atoms with van der Waals surface area (Å²) in [7, 11) is 0. The van der Waals surface area contributed by atoms with E-state index in [1.54, 1.807) is 6.08 Å². The lowest BCUT2D eigenvalue weighted by atomic mass is 10.1. The van der Waals surface area contributed by atoms with Gasteiger partial charge in [-0.05, 0) is 25.7 Å². The highest BCUT2D eigenvalue weighted by Gasteiger charge is 1.99. The largest absolute Gasteiger partial charge is 0.450 e. The van der Waals surface area contributed by atoms with Gasteiger partial charge < -0.3 is 10.1 Å². The molecule has 0 atom stereocenters. The molecule has 0 heterocycles. The number of allylic oxidation sites excluding steroid dienone is 1. The van der Waals surface area contributed by atoms with Crippen LogP contribution in [0.4, 0.5) is 4.79 Å². The summed E-state index contributed by atoms with van der Waals surface area (Å²) in [4.78, 5) is 11.2. The summed E-state index contributed by atoms with van der Waals surface area (Å²) in [5, 5.41) is 2.67. The molecular weight excluding hydrogens is 238 g/mol. The van der Waals surface area contributed by atoms with Crippen molar-refractivity contribution in [2.24, 2.45) is 0 Å². The maximum Gasteiger partial charge on any atom is 0.407 e. The maximum absolute atomic E-state index is 11.2. The standard InChI is InChI=1S/C16H29NO2/c1-3-5-7-8-9-10-11-12-13-15-19-16(18)17-14-6-4-2/h3-4H,1-2,5-15H2,(H,17,18). The quantitative estimate of drug-likeness (QED) is 0.391. The minimum Gasteiger partial charge on any atom is -0.450 e. The minimum absolute atomic E-state index is 0.314. The van der Waals surface area contributed by atoms with Gasteiger partial charge >= 0.3 is 6.09 Å². The van der Waals surface area contributed by atoms with Gasteiger partial charge in [-0.2, -0.15) is 0 Å². The molecule has 1 N–H and O–H groups in total. The third kappa shape index (κ3) is 14.7. The lowest BCUT2D eigenvalue weighted by Gasteiger charge is -2.06. The van der Waals surface area contributed by atoms with Crippen molar-refractivity contribution in [3.63, 3.8) is 0 Å². The summed E-state index contributed by atoms with van der Waals surface area (Å²) in [6.07, 6.45) is 13.8. The first-order valence-corrected chi connectivity index (χ1v) is 7.43. The van der Waals surface area contributed by atoms with E-state index in [-0.39, 0.29) is 6.09 Å². The smallest absolute Gasteiger partial charge is 0.407 e.